The number of anilines is 1. The minimum atomic E-state index is -1.13. The van der Waals surface area contributed by atoms with Crippen LogP contribution in [-0.2, 0) is 14.3 Å². The van der Waals surface area contributed by atoms with Crippen LogP contribution in [0.4, 0.5) is 5.69 Å². The van der Waals surface area contributed by atoms with Crippen LogP contribution in [0, 0.1) is 25.2 Å². The number of nitriles is 1. The number of benzene rings is 3. The molecular formula is C25H22N2O4. The van der Waals surface area contributed by atoms with Gasteiger partial charge in [0.2, 0.25) is 6.10 Å². The topological polar surface area (TPSA) is 88.4 Å². The predicted octanol–water partition coefficient (Wildman–Crippen LogP) is 4.48. The Balaban J connectivity index is 1.71. The Kier molecular flexibility index (Phi) is 7.02. The van der Waals surface area contributed by atoms with E-state index in [2.05, 4.69) is 5.32 Å². The molecule has 0 heterocycles. The number of hydrogen-bond donors (Lipinski definition) is 1. The fourth-order valence-electron chi connectivity index (χ4n) is 2.90. The first-order valence-electron chi connectivity index (χ1n) is 9.72. The number of ether oxygens (including phenoxy) is 2. The van der Waals surface area contributed by atoms with Crippen LogP contribution in [0.2, 0.25) is 0 Å². The second-order valence-electron chi connectivity index (χ2n) is 7.01. The molecule has 1 amide bonds. The van der Waals surface area contributed by atoms with E-state index in [9.17, 15) is 9.59 Å². The highest BCUT2D eigenvalue weighted by Gasteiger charge is 2.25. The second kappa shape index (κ2) is 10.1. The average molecular weight is 414 g/mol. The van der Waals surface area contributed by atoms with Gasteiger partial charge in [-0.2, -0.15) is 5.26 Å². The van der Waals surface area contributed by atoms with E-state index in [1.807, 2.05) is 44.2 Å². The van der Waals surface area contributed by atoms with Crippen molar-refractivity contribution in [3.8, 4) is 11.8 Å². The van der Waals surface area contributed by atoms with Gasteiger partial charge in [0.25, 0.3) is 5.91 Å². The van der Waals surface area contributed by atoms with E-state index in [-0.39, 0.29) is 6.61 Å². The van der Waals surface area contributed by atoms with Crippen LogP contribution in [0.5, 0.6) is 5.75 Å². The number of amides is 1. The summed E-state index contributed by atoms with van der Waals surface area (Å²) in [5.41, 5.74) is 3.61. The Morgan fingerprint density at radius 3 is 2.39 bits per heavy atom. The number of esters is 1. The number of rotatable bonds is 7. The van der Waals surface area contributed by atoms with Gasteiger partial charge in [-0.15, -0.1) is 0 Å². The van der Waals surface area contributed by atoms with E-state index in [0.717, 1.165) is 11.1 Å². The number of nitrogens with zero attached hydrogens (tertiary/aromatic N) is 1. The average Bonchev–Trinajstić information content (AvgIpc) is 2.79. The van der Waals surface area contributed by atoms with Gasteiger partial charge in [-0.25, -0.2) is 4.79 Å². The van der Waals surface area contributed by atoms with Crippen molar-refractivity contribution in [2.24, 2.45) is 0 Å². The molecule has 31 heavy (non-hydrogen) atoms. The molecule has 0 aromatic heterocycles. The van der Waals surface area contributed by atoms with Crippen molar-refractivity contribution in [1.82, 2.24) is 0 Å². The van der Waals surface area contributed by atoms with Gasteiger partial charge in [-0.05, 0) is 55.3 Å². The molecule has 0 aliphatic heterocycles. The molecule has 0 saturated heterocycles. The summed E-state index contributed by atoms with van der Waals surface area (Å²) < 4.78 is 10.9. The molecule has 1 atom stereocenters. The zero-order valence-electron chi connectivity index (χ0n) is 17.3. The first-order chi connectivity index (χ1) is 15.0. The van der Waals surface area contributed by atoms with Gasteiger partial charge in [0, 0.05) is 11.3 Å². The number of hydrogen-bond acceptors (Lipinski definition) is 5. The summed E-state index contributed by atoms with van der Waals surface area (Å²) in [5.74, 6) is -0.715. The summed E-state index contributed by atoms with van der Waals surface area (Å²) >= 11 is 0. The number of nitrogens with one attached hydrogen (secondary N) is 1. The highest BCUT2D eigenvalue weighted by Crippen LogP contribution is 2.23. The highest BCUT2D eigenvalue weighted by molar-refractivity contribution is 5.96. The third-order valence-electron chi connectivity index (χ3n) is 4.58. The Labute approximate surface area is 181 Å². The monoisotopic (exact) mass is 414 g/mol. The van der Waals surface area contributed by atoms with Crippen molar-refractivity contribution in [3.63, 3.8) is 0 Å². The molecule has 3 aromatic rings. The summed E-state index contributed by atoms with van der Waals surface area (Å²) in [6.45, 7) is 3.46. The van der Waals surface area contributed by atoms with Crippen molar-refractivity contribution in [2.45, 2.75) is 20.0 Å². The molecule has 0 radical (unpaired) electrons. The van der Waals surface area contributed by atoms with Crippen LogP contribution >= 0.6 is 0 Å². The van der Waals surface area contributed by atoms with Crippen molar-refractivity contribution in [1.29, 1.82) is 5.26 Å². The van der Waals surface area contributed by atoms with E-state index >= 15 is 0 Å². The SMILES string of the molecule is Cc1ccc(C)c(NC(=O)C(OC(=O)COc2ccc(C#N)cc2)c2ccccc2)c1. The lowest BCUT2D eigenvalue weighted by Crippen LogP contribution is -2.28. The van der Waals surface area contributed by atoms with E-state index in [0.29, 0.717) is 22.6 Å². The molecule has 0 saturated carbocycles. The third kappa shape index (κ3) is 5.94. The normalized spacial score (nSPS) is 11.1. The smallest absolute Gasteiger partial charge is 0.345 e. The molecule has 0 aliphatic rings. The minimum absolute atomic E-state index is 0.369. The molecular weight excluding hydrogens is 392 g/mol. The molecule has 0 bridgehead atoms. The first-order valence-corrected chi connectivity index (χ1v) is 9.72. The molecule has 6 nitrogen and oxygen atoms in total. The third-order valence-corrected chi connectivity index (χ3v) is 4.58. The van der Waals surface area contributed by atoms with Gasteiger partial charge in [-0.3, -0.25) is 4.79 Å². The van der Waals surface area contributed by atoms with Crippen LogP contribution in [0.25, 0.3) is 0 Å². The number of carbonyl (C=O) groups is 2. The summed E-state index contributed by atoms with van der Waals surface area (Å²) in [6, 6.07) is 22.9. The standard InChI is InChI=1S/C25H22N2O4/c1-17-8-9-18(2)22(14-17)27-25(29)24(20-6-4-3-5-7-20)31-23(28)16-30-21-12-10-19(15-26)11-13-21/h3-14,24H,16H2,1-2H3,(H,27,29). The van der Waals surface area contributed by atoms with Crippen molar-refractivity contribution < 1.29 is 19.1 Å². The van der Waals surface area contributed by atoms with Crippen LogP contribution in [-0.4, -0.2) is 18.5 Å². The summed E-state index contributed by atoms with van der Waals surface area (Å²) in [4.78, 5) is 25.4. The first kappa shape index (κ1) is 21.6. The van der Waals surface area contributed by atoms with Crippen LogP contribution in [0.3, 0.4) is 0 Å². The van der Waals surface area contributed by atoms with E-state index in [4.69, 9.17) is 14.7 Å². The Morgan fingerprint density at radius 1 is 1.00 bits per heavy atom. The van der Waals surface area contributed by atoms with Crippen LogP contribution in [0.15, 0.2) is 72.8 Å². The molecule has 0 aliphatic carbocycles. The number of aryl methyl sites for hydroxylation is 2. The van der Waals surface area contributed by atoms with E-state index in [1.165, 1.54) is 0 Å². The maximum atomic E-state index is 13.0. The van der Waals surface area contributed by atoms with Gasteiger partial charge in [-0.1, -0.05) is 42.5 Å². The Morgan fingerprint density at radius 2 is 1.71 bits per heavy atom. The van der Waals surface area contributed by atoms with Gasteiger partial charge in [0.1, 0.15) is 5.75 Å². The molecule has 3 rings (SSSR count). The number of carbonyl (C=O) groups excluding carboxylic acids is 2. The summed E-state index contributed by atoms with van der Waals surface area (Å²) in [5, 5.41) is 11.7. The Bertz CT molecular complexity index is 1100. The second-order valence-corrected chi connectivity index (χ2v) is 7.01. The van der Waals surface area contributed by atoms with Gasteiger partial charge in [0.05, 0.1) is 11.6 Å². The van der Waals surface area contributed by atoms with Crippen molar-refractivity contribution in [2.75, 3.05) is 11.9 Å². The molecule has 0 fully saturated rings. The zero-order valence-corrected chi connectivity index (χ0v) is 17.3. The fourth-order valence-corrected chi connectivity index (χ4v) is 2.90. The van der Waals surface area contributed by atoms with Gasteiger partial charge in [0.15, 0.2) is 6.61 Å². The quantitative estimate of drug-likeness (QED) is 0.576. The molecule has 6 heteroatoms. The molecule has 1 unspecified atom stereocenters. The molecule has 156 valence electrons. The summed E-state index contributed by atoms with van der Waals surface area (Å²) in [7, 11) is 0. The van der Waals surface area contributed by atoms with Crippen molar-refractivity contribution >= 4 is 17.6 Å². The lowest BCUT2D eigenvalue weighted by atomic mass is 10.1. The van der Waals surface area contributed by atoms with Gasteiger partial charge < -0.3 is 14.8 Å². The van der Waals surface area contributed by atoms with Crippen LogP contribution in [0.1, 0.15) is 28.4 Å². The Hall–Kier alpha value is -4.11. The van der Waals surface area contributed by atoms with E-state index in [1.54, 1.807) is 48.5 Å². The molecule has 1 N–H and O–H groups in total. The van der Waals surface area contributed by atoms with E-state index < -0.39 is 18.0 Å². The predicted molar refractivity (Wildman–Crippen MR) is 116 cm³/mol. The lowest BCUT2D eigenvalue weighted by Gasteiger charge is -2.19. The molecule has 3 aromatic carbocycles. The van der Waals surface area contributed by atoms with Gasteiger partial charge >= 0.3 is 5.97 Å². The zero-order chi connectivity index (χ0) is 22.2. The lowest BCUT2D eigenvalue weighted by molar-refractivity contribution is -0.156. The maximum Gasteiger partial charge on any atom is 0.345 e. The summed E-state index contributed by atoms with van der Waals surface area (Å²) in [6.07, 6.45) is -1.13. The maximum absolute atomic E-state index is 13.0. The molecule has 0 spiro atoms. The fraction of sp³-hybridized carbons (Fsp3) is 0.160. The highest BCUT2D eigenvalue weighted by atomic mass is 16.6. The largest absolute Gasteiger partial charge is 0.482 e. The van der Waals surface area contributed by atoms with Crippen LogP contribution < -0.4 is 10.1 Å². The van der Waals surface area contributed by atoms with Crippen molar-refractivity contribution in [3.05, 3.63) is 95.1 Å². The minimum Gasteiger partial charge on any atom is -0.482 e.